The Morgan fingerprint density at radius 2 is 1.69 bits per heavy atom. The molecule has 1 amide bonds. The van der Waals surface area contributed by atoms with E-state index in [0.29, 0.717) is 10.7 Å². The molecule has 0 fully saturated rings. The average molecular weight is 436 g/mol. The number of nitrogens with one attached hydrogen (secondary N) is 1. The van der Waals surface area contributed by atoms with E-state index in [9.17, 15) is 13.2 Å². The molecule has 0 bridgehead atoms. The summed E-state index contributed by atoms with van der Waals surface area (Å²) in [6, 6.07) is 9.23. The van der Waals surface area contributed by atoms with Gasteiger partial charge in [-0.05, 0) is 42.8 Å². The summed E-state index contributed by atoms with van der Waals surface area (Å²) in [6.07, 6.45) is 0. The van der Waals surface area contributed by atoms with Gasteiger partial charge in [-0.15, -0.1) is 0 Å². The quantitative estimate of drug-likeness (QED) is 0.721. The van der Waals surface area contributed by atoms with Crippen LogP contribution in [-0.4, -0.2) is 31.7 Å². The SMILES string of the molecule is CCN(CC(=O)Nc1cc(Cl)ccc1C)S(=O)(=O)c1cc(Cl)ccc1Cl. The molecule has 5 nitrogen and oxygen atoms in total. The maximum Gasteiger partial charge on any atom is 0.245 e. The molecule has 0 heterocycles. The second-order valence-corrected chi connectivity index (χ2v) is 8.70. The number of hydrogen-bond acceptors (Lipinski definition) is 3. The minimum Gasteiger partial charge on any atom is -0.325 e. The summed E-state index contributed by atoms with van der Waals surface area (Å²) in [5.74, 6) is -0.487. The molecular weight excluding hydrogens is 419 g/mol. The Morgan fingerprint density at radius 3 is 2.35 bits per heavy atom. The van der Waals surface area contributed by atoms with E-state index in [2.05, 4.69) is 5.32 Å². The van der Waals surface area contributed by atoms with Crippen molar-refractivity contribution in [2.45, 2.75) is 18.7 Å². The smallest absolute Gasteiger partial charge is 0.245 e. The molecule has 1 N–H and O–H groups in total. The lowest BCUT2D eigenvalue weighted by atomic mass is 10.2. The molecule has 9 heteroatoms. The molecule has 26 heavy (non-hydrogen) atoms. The largest absolute Gasteiger partial charge is 0.325 e. The molecule has 0 spiro atoms. The van der Waals surface area contributed by atoms with E-state index in [4.69, 9.17) is 34.8 Å². The van der Waals surface area contributed by atoms with E-state index in [1.807, 2.05) is 6.92 Å². The number of benzene rings is 2. The standard InChI is InChI=1S/C17H17Cl3N2O3S/c1-3-22(26(24,25)16-9-13(19)6-7-14(16)20)10-17(23)21-15-8-12(18)5-4-11(15)2/h4-9H,3,10H2,1-2H3,(H,21,23). The van der Waals surface area contributed by atoms with Crippen molar-refractivity contribution in [3.05, 3.63) is 57.0 Å². The number of aryl methyl sites for hydroxylation is 1. The average Bonchev–Trinajstić information content (AvgIpc) is 2.57. The molecule has 0 aliphatic rings. The van der Waals surface area contributed by atoms with Gasteiger partial charge in [0.1, 0.15) is 4.90 Å². The highest BCUT2D eigenvalue weighted by atomic mass is 35.5. The van der Waals surface area contributed by atoms with Crippen LogP contribution in [0, 0.1) is 6.92 Å². The number of amides is 1. The number of nitrogens with zero attached hydrogens (tertiary/aromatic N) is 1. The minimum atomic E-state index is -3.98. The molecule has 140 valence electrons. The van der Waals surface area contributed by atoms with Gasteiger partial charge in [0.15, 0.2) is 0 Å². The Hall–Kier alpha value is -1.31. The van der Waals surface area contributed by atoms with Gasteiger partial charge in [-0.2, -0.15) is 4.31 Å². The summed E-state index contributed by atoms with van der Waals surface area (Å²) in [5.41, 5.74) is 1.34. The molecule has 0 aliphatic heterocycles. The summed E-state index contributed by atoms with van der Waals surface area (Å²) in [7, 11) is -3.98. The zero-order valence-electron chi connectivity index (χ0n) is 14.1. The van der Waals surface area contributed by atoms with Crippen molar-refractivity contribution in [1.82, 2.24) is 4.31 Å². The second-order valence-electron chi connectivity index (χ2n) is 5.51. The van der Waals surface area contributed by atoms with Gasteiger partial charge in [-0.25, -0.2) is 8.42 Å². The monoisotopic (exact) mass is 434 g/mol. The van der Waals surface area contributed by atoms with Crippen LogP contribution in [0.2, 0.25) is 15.1 Å². The summed E-state index contributed by atoms with van der Waals surface area (Å²) in [6.45, 7) is 3.17. The minimum absolute atomic E-state index is 0.0407. The number of sulfonamides is 1. The van der Waals surface area contributed by atoms with Crippen LogP contribution >= 0.6 is 34.8 Å². The number of carbonyl (C=O) groups is 1. The Morgan fingerprint density at radius 1 is 1.08 bits per heavy atom. The summed E-state index contributed by atoms with van der Waals surface area (Å²) < 4.78 is 26.7. The van der Waals surface area contributed by atoms with Crippen LogP contribution in [0.4, 0.5) is 5.69 Å². The van der Waals surface area contributed by atoms with E-state index < -0.39 is 15.9 Å². The number of anilines is 1. The molecule has 0 aromatic heterocycles. The van der Waals surface area contributed by atoms with Crippen molar-refractivity contribution in [2.24, 2.45) is 0 Å². The van der Waals surface area contributed by atoms with Gasteiger partial charge in [0.25, 0.3) is 0 Å². The third-order valence-electron chi connectivity index (χ3n) is 3.66. The third kappa shape index (κ3) is 4.90. The first kappa shape index (κ1) is 21.0. The van der Waals surface area contributed by atoms with Crippen molar-refractivity contribution in [3.8, 4) is 0 Å². The lowest BCUT2D eigenvalue weighted by molar-refractivity contribution is -0.116. The maximum absolute atomic E-state index is 12.8. The van der Waals surface area contributed by atoms with Gasteiger partial charge in [-0.3, -0.25) is 4.79 Å². The van der Waals surface area contributed by atoms with Crippen LogP contribution in [0.5, 0.6) is 0 Å². The van der Waals surface area contributed by atoms with Crippen LogP contribution in [0.3, 0.4) is 0 Å². The van der Waals surface area contributed by atoms with Gasteiger partial charge in [-0.1, -0.05) is 47.8 Å². The highest BCUT2D eigenvalue weighted by molar-refractivity contribution is 7.89. The zero-order chi connectivity index (χ0) is 19.5. The van der Waals surface area contributed by atoms with Crippen molar-refractivity contribution in [3.63, 3.8) is 0 Å². The molecular formula is C17H17Cl3N2O3S. The van der Waals surface area contributed by atoms with Gasteiger partial charge in [0.05, 0.1) is 11.6 Å². The molecule has 0 radical (unpaired) electrons. The van der Waals surface area contributed by atoms with Crippen molar-refractivity contribution in [2.75, 3.05) is 18.4 Å². The normalized spacial score (nSPS) is 11.6. The fourth-order valence-electron chi connectivity index (χ4n) is 2.26. The Balaban J connectivity index is 2.24. The zero-order valence-corrected chi connectivity index (χ0v) is 17.2. The Labute approximate surface area is 167 Å². The predicted molar refractivity (Wildman–Crippen MR) is 106 cm³/mol. The summed E-state index contributed by atoms with van der Waals surface area (Å²) >= 11 is 17.8. The van der Waals surface area contributed by atoms with E-state index in [1.54, 1.807) is 25.1 Å². The molecule has 0 atom stereocenters. The van der Waals surface area contributed by atoms with E-state index in [-0.39, 0.29) is 28.0 Å². The van der Waals surface area contributed by atoms with Gasteiger partial charge >= 0.3 is 0 Å². The molecule has 2 aromatic rings. The van der Waals surface area contributed by atoms with Crippen molar-refractivity contribution >= 4 is 56.4 Å². The van der Waals surface area contributed by atoms with Crippen LogP contribution in [0.15, 0.2) is 41.3 Å². The van der Waals surface area contributed by atoms with Crippen LogP contribution in [0.25, 0.3) is 0 Å². The van der Waals surface area contributed by atoms with E-state index >= 15 is 0 Å². The maximum atomic E-state index is 12.8. The predicted octanol–water partition coefficient (Wildman–Crippen LogP) is 4.60. The van der Waals surface area contributed by atoms with Crippen LogP contribution in [0.1, 0.15) is 12.5 Å². The highest BCUT2D eigenvalue weighted by Gasteiger charge is 2.27. The number of halogens is 3. The van der Waals surface area contributed by atoms with Gasteiger partial charge < -0.3 is 5.32 Å². The first-order valence-electron chi connectivity index (χ1n) is 7.66. The molecule has 0 saturated carbocycles. The first-order chi connectivity index (χ1) is 12.1. The number of rotatable bonds is 6. The third-order valence-corrected chi connectivity index (χ3v) is 6.53. The number of carbonyl (C=O) groups excluding carboxylic acids is 1. The molecule has 2 aromatic carbocycles. The van der Waals surface area contributed by atoms with Gasteiger partial charge in [0, 0.05) is 22.3 Å². The fraction of sp³-hybridized carbons (Fsp3) is 0.235. The van der Waals surface area contributed by atoms with Crippen LogP contribution < -0.4 is 5.32 Å². The van der Waals surface area contributed by atoms with Crippen LogP contribution in [-0.2, 0) is 14.8 Å². The van der Waals surface area contributed by atoms with E-state index in [1.165, 1.54) is 18.2 Å². The summed E-state index contributed by atoms with van der Waals surface area (Å²) in [5, 5.41) is 3.43. The molecule has 0 aliphatic carbocycles. The molecule has 0 unspecified atom stereocenters. The first-order valence-corrected chi connectivity index (χ1v) is 10.2. The van der Waals surface area contributed by atoms with Crippen molar-refractivity contribution < 1.29 is 13.2 Å². The van der Waals surface area contributed by atoms with E-state index in [0.717, 1.165) is 9.87 Å². The Bertz CT molecular complexity index is 933. The molecule has 2 rings (SSSR count). The second kappa shape index (κ2) is 8.59. The topological polar surface area (TPSA) is 66.5 Å². The highest BCUT2D eigenvalue weighted by Crippen LogP contribution is 2.28. The number of hydrogen-bond donors (Lipinski definition) is 1. The Kier molecular flexibility index (Phi) is 6.93. The van der Waals surface area contributed by atoms with Gasteiger partial charge in [0.2, 0.25) is 15.9 Å². The summed E-state index contributed by atoms with van der Waals surface area (Å²) in [4.78, 5) is 12.2. The number of likely N-dealkylation sites (N-methyl/N-ethyl adjacent to an activating group) is 1. The lowest BCUT2D eigenvalue weighted by Gasteiger charge is -2.21. The lowest BCUT2D eigenvalue weighted by Crippen LogP contribution is -2.38. The fourth-order valence-corrected chi connectivity index (χ4v) is 4.57. The molecule has 0 saturated heterocycles. The van der Waals surface area contributed by atoms with Crippen molar-refractivity contribution in [1.29, 1.82) is 0 Å².